The van der Waals surface area contributed by atoms with Crippen LogP contribution in [0.5, 0.6) is 0 Å². The Bertz CT molecular complexity index is 892. The van der Waals surface area contributed by atoms with Crippen molar-refractivity contribution in [2.45, 2.75) is 13.5 Å². The molecule has 1 N–H and O–H groups in total. The van der Waals surface area contributed by atoms with Gasteiger partial charge in [0.2, 0.25) is 0 Å². The predicted octanol–water partition coefficient (Wildman–Crippen LogP) is 4.73. The van der Waals surface area contributed by atoms with Gasteiger partial charge >= 0.3 is 0 Å². The van der Waals surface area contributed by atoms with Crippen LogP contribution in [0.3, 0.4) is 0 Å². The van der Waals surface area contributed by atoms with Crippen molar-refractivity contribution in [2.24, 2.45) is 0 Å². The number of hydrogen-bond donors (Lipinski definition) is 1. The van der Waals surface area contributed by atoms with E-state index in [0.29, 0.717) is 15.7 Å². The van der Waals surface area contributed by atoms with Crippen molar-refractivity contribution >= 4 is 52.3 Å². The molecule has 0 saturated carbocycles. The van der Waals surface area contributed by atoms with Gasteiger partial charge in [0.15, 0.2) is 0 Å². The first-order valence-corrected chi connectivity index (χ1v) is 8.54. The number of carbonyl (C=O) groups excluding carboxylic acids is 2. The summed E-state index contributed by atoms with van der Waals surface area (Å²) >= 11 is 18.0. The molecule has 0 aromatic heterocycles. The van der Waals surface area contributed by atoms with Gasteiger partial charge in [-0.05, 0) is 42.3 Å². The molecular formula is C18H13Cl3N2O2. The fourth-order valence-electron chi connectivity index (χ4n) is 2.45. The minimum absolute atomic E-state index is 0.0472. The number of nitrogens with one attached hydrogen (secondary N) is 1. The van der Waals surface area contributed by atoms with E-state index in [-0.39, 0.29) is 17.3 Å². The molecule has 0 radical (unpaired) electrons. The molecular weight excluding hydrogens is 383 g/mol. The Kier molecular flexibility index (Phi) is 5.04. The number of halogens is 3. The van der Waals surface area contributed by atoms with Crippen LogP contribution in [0, 0.1) is 6.92 Å². The van der Waals surface area contributed by atoms with Crippen LogP contribution in [-0.4, -0.2) is 16.7 Å². The summed E-state index contributed by atoms with van der Waals surface area (Å²) in [5.74, 6) is -1.02. The number of rotatable bonds is 4. The lowest BCUT2D eigenvalue weighted by molar-refractivity contribution is -0.138. The average Bonchev–Trinajstić information content (AvgIpc) is 2.78. The lowest BCUT2D eigenvalue weighted by atomic mass is 10.2. The minimum Gasteiger partial charge on any atom is -0.349 e. The van der Waals surface area contributed by atoms with Gasteiger partial charge in [-0.15, -0.1) is 0 Å². The van der Waals surface area contributed by atoms with E-state index in [4.69, 9.17) is 34.8 Å². The highest BCUT2D eigenvalue weighted by atomic mass is 35.5. The second-order valence-corrected chi connectivity index (χ2v) is 6.77. The summed E-state index contributed by atoms with van der Waals surface area (Å²) in [5, 5.41) is 3.93. The number of amides is 2. The summed E-state index contributed by atoms with van der Waals surface area (Å²) in [5.41, 5.74) is 2.20. The summed E-state index contributed by atoms with van der Waals surface area (Å²) < 4.78 is 0. The van der Waals surface area contributed by atoms with Crippen molar-refractivity contribution in [1.82, 2.24) is 4.90 Å². The number of imide groups is 1. The normalized spacial score (nSPS) is 14.5. The SMILES string of the molecule is Cc1c(Cl)cccc1NC1=C(Cl)C(=O)N(Cc2ccc(Cl)cc2)C1=O. The highest BCUT2D eigenvalue weighted by molar-refractivity contribution is 6.48. The van der Waals surface area contributed by atoms with Crippen LogP contribution in [0.25, 0.3) is 0 Å². The van der Waals surface area contributed by atoms with E-state index >= 15 is 0 Å². The van der Waals surface area contributed by atoms with Crippen LogP contribution in [-0.2, 0) is 16.1 Å². The predicted molar refractivity (Wildman–Crippen MR) is 99.7 cm³/mol. The zero-order valence-corrected chi connectivity index (χ0v) is 15.4. The molecule has 0 saturated heterocycles. The zero-order valence-electron chi connectivity index (χ0n) is 13.1. The van der Waals surface area contributed by atoms with Crippen molar-refractivity contribution in [3.63, 3.8) is 0 Å². The maximum atomic E-state index is 12.6. The van der Waals surface area contributed by atoms with Crippen LogP contribution in [0.4, 0.5) is 5.69 Å². The van der Waals surface area contributed by atoms with Gasteiger partial charge in [-0.1, -0.05) is 53.0 Å². The molecule has 25 heavy (non-hydrogen) atoms. The van der Waals surface area contributed by atoms with Crippen molar-refractivity contribution < 1.29 is 9.59 Å². The molecule has 0 aliphatic carbocycles. The van der Waals surface area contributed by atoms with Crippen LogP contribution in [0.2, 0.25) is 10.0 Å². The monoisotopic (exact) mass is 394 g/mol. The highest BCUT2D eigenvalue weighted by Crippen LogP contribution is 2.30. The van der Waals surface area contributed by atoms with Crippen LogP contribution in [0.1, 0.15) is 11.1 Å². The van der Waals surface area contributed by atoms with E-state index in [1.807, 2.05) is 6.92 Å². The lowest BCUT2D eigenvalue weighted by Gasteiger charge is -2.16. The molecule has 7 heteroatoms. The minimum atomic E-state index is -0.538. The van der Waals surface area contributed by atoms with Gasteiger partial charge in [-0.2, -0.15) is 0 Å². The quantitative estimate of drug-likeness (QED) is 0.761. The molecule has 2 aromatic carbocycles. The first-order chi connectivity index (χ1) is 11.9. The number of hydrogen-bond acceptors (Lipinski definition) is 3. The summed E-state index contributed by atoms with van der Waals surface area (Å²) in [6.07, 6.45) is 0. The maximum Gasteiger partial charge on any atom is 0.279 e. The molecule has 0 atom stereocenters. The Morgan fingerprint density at radius 2 is 1.64 bits per heavy atom. The molecule has 1 aliphatic rings. The third-order valence-corrected chi connectivity index (χ3v) is 4.90. The molecule has 1 heterocycles. The molecule has 0 spiro atoms. The average molecular weight is 396 g/mol. The van der Waals surface area contributed by atoms with Crippen LogP contribution in [0.15, 0.2) is 53.2 Å². The molecule has 0 bridgehead atoms. The van der Waals surface area contributed by atoms with Crippen molar-refractivity contribution in [3.8, 4) is 0 Å². The molecule has 128 valence electrons. The molecule has 2 aromatic rings. The Balaban J connectivity index is 1.84. The Hall–Kier alpha value is -2.01. The smallest absolute Gasteiger partial charge is 0.279 e. The second-order valence-electron chi connectivity index (χ2n) is 5.55. The van der Waals surface area contributed by atoms with Crippen molar-refractivity contribution in [2.75, 3.05) is 5.32 Å². The highest BCUT2D eigenvalue weighted by Gasteiger charge is 2.37. The first kappa shape index (κ1) is 17.8. The van der Waals surface area contributed by atoms with E-state index in [9.17, 15) is 9.59 Å². The van der Waals surface area contributed by atoms with E-state index < -0.39 is 11.8 Å². The van der Waals surface area contributed by atoms with E-state index in [1.165, 1.54) is 0 Å². The van der Waals surface area contributed by atoms with Gasteiger partial charge in [0.1, 0.15) is 10.7 Å². The molecule has 0 fully saturated rings. The number of nitrogens with zero attached hydrogens (tertiary/aromatic N) is 1. The standard InChI is InChI=1S/C18H13Cl3N2O2/c1-10-13(20)3-2-4-14(10)22-16-15(21)17(24)23(18(16)25)9-11-5-7-12(19)8-6-11/h2-8,22H,9H2,1H3. The van der Waals surface area contributed by atoms with E-state index in [1.54, 1.807) is 42.5 Å². The van der Waals surface area contributed by atoms with Crippen LogP contribution >= 0.6 is 34.8 Å². The van der Waals surface area contributed by atoms with Gasteiger partial charge in [0.25, 0.3) is 11.8 Å². The van der Waals surface area contributed by atoms with Gasteiger partial charge in [-0.3, -0.25) is 14.5 Å². The molecule has 0 unspecified atom stereocenters. The summed E-state index contributed by atoms with van der Waals surface area (Å²) in [4.78, 5) is 26.1. The fourth-order valence-corrected chi connectivity index (χ4v) is 2.98. The largest absolute Gasteiger partial charge is 0.349 e. The van der Waals surface area contributed by atoms with Gasteiger partial charge in [-0.25, -0.2) is 0 Å². The molecule has 1 aliphatic heterocycles. The maximum absolute atomic E-state index is 12.6. The topological polar surface area (TPSA) is 49.4 Å². The number of carbonyl (C=O) groups is 2. The van der Waals surface area contributed by atoms with E-state index in [0.717, 1.165) is 16.0 Å². The molecule has 2 amide bonds. The first-order valence-electron chi connectivity index (χ1n) is 7.41. The summed E-state index contributed by atoms with van der Waals surface area (Å²) in [7, 11) is 0. The summed E-state index contributed by atoms with van der Waals surface area (Å²) in [6, 6.07) is 12.2. The van der Waals surface area contributed by atoms with Gasteiger partial charge < -0.3 is 5.32 Å². The van der Waals surface area contributed by atoms with Crippen LogP contribution < -0.4 is 5.32 Å². The van der Waals surface area contributed by atoms with Crippen molar-refractivity contribution in [1.29, 1.82) is 0 Å². The third-order valence-electron chi connectivity index (χ3n) is 3.89. The molecule has 4 nitrogen and oxygen atoms in total. The van der Waals surface area contributed by atoms with E-state index in [2.05, 4.69) is 5.32 Å². The summed E-state index contributed by atoms with van der Waals surface area (Å²) in [6.45, 7) is 1.93. The van der Waals surface area contributed by atoms with Gasteiger partial charge in [0, 0.05) is 15.7 Å². The second kappa shape index (κ2) is 7.08. The Labute approximate surface area is 160 Å². The third kappa shape index (κ3) is 3.52. The number of benzene rings is 2. The van der Waals surface area contributed by atoms with Crippen molar-refractivity contribution in [3.05, 3.63) is 74.4 Å². The Morgan fingerprint density at radius 1 is 0.960 bits per heavy atom. The Morgan fingerprint density at radius 3 is 2.32 bits per heavy atom. The lowest BCUT2D eigenvalue weighted by Crippen LogP contribution is -2.31. The molecule has 3 rings (SSSR count). The zero-order chi connectivity index (χ0) is 18.1. The fraction of sp³-hybridized carbons (Fsp3) is 0.111. The van der Waals surface area contributed by atoms with Gasteiger partial charge in [0.05, 0.1) is 6.54 Å². The number of anilines is 1.